The zero-order chi connectivity index (χ0) is 20.3. The second-order valence-electron chi connectivity index (χ2n) is 6.81. The second-order valence-corrected chi connectivity index (χ2v) is 7.25. The Morgan fingerprint density at radius 1 is 1.14 bits per heavy atom. The highest BCUT2D eigenvalue weighted by Crippen LogP contribution is 2.31. The molecule has 0 spiro atoms. The molecule has 0 aromatic heterocycles. The van der Waals surface area contributed by atoms with E-state index in [9.17, 15) is 14.4 Å². The average molecular weight is 401 g/mol. The van der Waals surface area contributed by atoms with E-state index in [0.717, 1.165) is 16.8 Å². The van der Waals surface area contributed by atoms with Crippen LogP contribution in [0.5, 0.6) is 0 Å². The predicted octanol–water partition coefficient (Wildman–Crippen LogP) is 3.49. The summed E-state index contributed by atoms with van der Waals surface area (Å²) in [5, 5.41) is 3.18. The molecule has 2 amide bonds. The molecule has 2 aromatic carbocycles. The van der Waals surface area contributed by atoms with Crippen molar-refractivity contribution in [1.82, 2.24) is 0 Å². The number of rotatable bonds is 5. The molecule has 146 valence electrons. The number of aryl methyl sites for hydroxylation is 2. The number of halogens is 1. The molecular formula is C21H21ClN2O4. The van der Waals surface area contributed by atoms with Crippen LogP contribution in [0, 0.1) is 19.8 Å². The Morgan fingerprint density at radius 2 is 1.79 bits per heavy atom. The third kappa shape index (κ3) is 4.51. The van der Waals surface area contributed by atoms with Crippen LogP contribution < -0.4 is 10.2 Å². The van der Waals surface area contributed by atoms with Gasteiger partial charge in [-0.3, -0.25) is 14.4 Å². The highest BCUT2D eigenvalue weighted by atomic mass is 35.5. The van der Waals surface area contributed by atoms with Gasteiger partial charge in [-0.05, 0) is 49.2 Å². The minimum Gasteiger partial charge on any atom is -0.455 e. The van der Waals surface area contributed by atoms with Gasteiger partial charge in [0.1, 0.15) is 0 Å². The molecule has 1 fully saturated rings. The lowest BCUT2D eigenvalue weighted by Crippen LogP contribution is -2.29. The number of anilines is 2. The van der Waals surface area contributed by atoms with Gasteiger partial charge in [0.05, 0.1) is 5.92 Å². The summed E-state index contributed by atoms with van der Waals surface area (Å²) in [6.45, 7) is 3.71. The van der Waals surface area contributed by atoms with Crippen LogP contribution in [0.25, 0.3) is 0 Å². The SMILES string of the molecule is Cc1cccc(C)c1N1C[C@H](C(=O)OCC(=O)Nc2ccc(Cl)cc2)CC1=O. The summed E-state index contributed by atoms with van der Waals surface area (Å²) >= 11 is 5.80. The van der Waals surface area contributed by atoms with Crippen molar-refractivity contribution in [3.8, 4) is 0 Å². The Labute approximate surface area is 168 Å². The van der Waals surface area contributed by atoms with E-state index in [1.54, 1.807) is 29.2 Å². The number of amides is 2. The van der Waals surface area contributed by atoms with E-state index in [1.165, 1.54) is 0 Å². The van der Waals surface area contributed by atoms with Crippen LogP contribution in [-0.2, 0) is 19.1 Å². The first-order valence-corrected chi connectivity index (χ1v) is 9.31. The van der Waals surface area contributed by atoms with E-state index in [0.29, 0.717) is 10.7 Å². The minimum atomic E-state index is -0.588. The maximum absolute atomic E-state index is 12.4. The van der Waals surface area contributed by atoms with Crippen LogP contribution in [0.2, 0.25) is 5.02 Å². The van der Waals surface area contributed by atoms with E-state index in [2.05, 4.69) is 5.32 Å². The first-order chi connectivity index (χ1) is 13.3. The van der Waals surface area contributed by atoms with Crippen molar-refractivity contribution in [2.24, 2.45) is 5.92 Å². The maximum Gasteiger partial charge on any atom is 0.311 e. The fraction of sp³-hybridized carbons (Fsp3) is 0.286. The van der Waals surface area contributed by atoms with E-state index in [-0.39, 0.29) is 18.9 Å². The summed E-state index contributed by atoms with van der Waals surface area (Å²) in [6.07, 6.45) is 0.0748. The molecule has 0 unspecified atom stereocenters. The average Bonchev–Trinajstić information content (AvgIpc) is 3.03. The van der Waals surface area contributed by atoms with Gasteiger partial charge in [-0.25, -0.2) is 0 Å². The van der Waals surface area contributed by atoms with Gasteiger partial charge in [-0.15, -0.1) is 0 Å². The summed E-state index contributed by atoms with van der Waals surface area (Å²) in [7, 11) is 0. The lowest BCUT2D eigenvalue weighted by Gasteiger charge is -2.21. The number of carbonyl (C=O) groups is 3. The lowest BCUT2D eigenvalue weighted by atomic mass is 10.1. The van der Waals surface area contributed by atoms with Crippen molar-refractivity contribution in [3.63, 3.8) is 0 Å². The van der Waals surface area contributed by atoms with Gasteiger partial charge in [0.25, 0.3) is 5.91 Å². The van der Waals surface area contributed by atoms with Crippen LogP contribution in [0.3, 0.4) is 0 Å². The second kappa shape index (κ2) is 8.44. The van der Waals surface area contributed by atoms with Crippen LogP contribution >= 0.6 is 11.6 Å². The van der Waals surface area contributed by atoms with Gasteiger partial charge in [0.15, 0.2) is 6.61 Å². The van der Waals surface area contributed by atoms with Crippen molar-refractivity contribution in [1.29, 1.82) is 0 Å². The number of hydrogen-bond acceptors (Lipinski definition) is 4. The summed E-state index contributed by atoms with van der Waals surface area (Å²) in [5.41, 5.74) is 3.35. The van der Waals surface area contributed by atoms with Crippen molar-refractivity contribution in [2.75, 3.05) is 23.4 Å². The molecule has 7 heteroatoms. The third-order valence-corrected chi connectivity index (χ3v) is 4.89. The van der Waals surface area contributed by atoms with Crippen LogP contribution in [-0.4, -0.2) is 30.9 Å². The third-order valence-electron chi connectivity index (χ3n) is 4.64. The first-order valence-electron chi connectivity index (χ1n) is 8.94. The van der Waals surface area contributed by atoms with Gasteiger partial charge in [-0.1, -0.05) is 29.8 Å². The molecule has 0 aliphatic carbocycles. The molecule has 1 saturated heterocycles. The molecule has 1 atom stereocenters. The molecule has 3 rings (SSSR count). The van der Waals surface area contributed by atoms with Crippen molar-refractivity contribution >= 4 is 40.8 Å². The molecule has 6 nitrogen and oxygen atoms in total. The number of ether oxygens (including phenoxy) is 1. The molecule has 2 aromatic rings. The number of benzene rings is 2. The summed E-state index contributed by atoms with van der Waals surface area (Å²) in [6, 6.07) is 12.4. The Balaban J connectivity index is 1.56. The zero-order valence-corrected chi connectivity index (χ0v) is 16.5. The Bertz CT molecular complexity index is 891. The Morgan fingerprint density at radius 3 is 2.43 bits per heavy atom. The Kier molecular flexibility index (Phi) is 5.99. The van der Waals surface area contributed by atoms with Gasteiger partial charge in [0.2, 0.25) is 5.91 Å². The van der Waals surface area contributed by atoms with Gasteiger partial charge in [-0.2, -0.15) is 0 Å². The lowest BCUT2D eigenvalue weighted by molar-refractivity contribution is -0.151. The monoisotopic (exact) mass is 400 g/mol. The highest BCUT2D eigenvalue weighted by molar-refractivity contribution is 6.30. The van der Waals surface area contributed by atoms with Crippen molar-refractivity contribution < 1.29 is 19.1 Å². The number of nitrogens with one attached hydrogen (secondary N) is 1. The standard InChI is InChI=1S/C21H21ClN2O4/c1-13-4-3-5-14(2)20(13)24-11-15(10-19(24)26)21(27)28-12-18(25)23-17-8-6-16(22)7-9-17/h3-9,15H,10-12H2,1-2H3,(H,23,25)/t15-/m1/s1. The maximum atomic E-state index is 12.4. The van der Waals surface area contributed by atoms with E-state index in [1.807, 2.05) is 32.0 Å². The first kappa shape index (κ1) is 19.9. The molecule has 1 heterocycles. The van der Waals surface area contributed by atoms with Crippen molar-refractivity contribution in [2.45, 2.75) is 20.3 Å². The minimum absolute atomic E-state index is 0.0748. The molecule has 0 saturated carbocycles. The zero-order valence-electron chi connectivity index (χ0n) is 15.7. The smallest absolute Gasteiger partial charge is 0.311 e. The number of carbonyl (C=O) groups excluding carboxylic acids is 3. The topological polar surface area (TPSA) is 75.7 Å². The number of para-hydroxylation sites is 1. The number of esters is 1. The van der Waals surface area contributed by atoms with Crippen molar-refractivity contribution in [3.05, 3.63) is 58.6 Å². The number of hydrogen-bond donors (Lipinski definition) is 1. The van der Waals surface area contributed by atoms with Gasteiger partial charge < -0.3 is 15.0 Å². The fourth-order valence-electron chi connectivity index (χ4n) is 3.30. The predicted molar refractivity (Wildman–Crippen MR) is 107 cm³/mol. The van der Waals surface area contributed by atoms with Gasteiger partial charge in [0, 0.05) is 29.4 Å². The van der Waals surface area contributed by atoms with E-state index >= 15 is 0 Å². The van der Waals surface area contributed by atoms with Crippen LogP contribution in [0.4, 0.5) is 11.4 Å². The summed E-state index contributed by atoms with van der Waals surface area (Å²) in [5.74, 6) is -1.71. The van der Waals surface area contributed by atoms with Crippen LogP contribution in [0.1, 0.15) is 17.5 Å². The summed E-state index contributed by atoms with van der Waals surface area (Å²) in [4.78, 5) is 38.4. The molecule has 1 aliphatic heterocycles. The molecule has 0 radical (unpaired) electrons. The molecule has 1 N–H and O–H groups in total. The number of nitrogens with zero attached hydrogens (tertiary/aromatic N) is 1. The highest BCUT2D eigenvalue weighted by Gasteiger charge is 2.37. The van der Waals surface area contributed by atoms with E-state index < -0.39 is 24.4 Å². The Hall–Kier alpha value is -2.86. The molecule has 28 heavy (non-hydrogen) atoms. The largest absolute Gasteiger partial charge is 0.455 e. The van der Waals surface area contributed by atoms with Crippen LogP contribution in [0.15, 0.2) is 42.5 Å². The fourth-order valence-corrected chi connectivity index (χ4v) is 3.42. The summed E-state index contributed by atoms with van der Waals surface area (Å²) < 4.78 is 5.12. The molecule has 1 aliphatic rings. The van der Waals surface area contributed by atoms with Gasteiger partial charge >= 0.3 is 5.97 Å². The quantitative estimate of drug-likeness (QED) is 0.779. The normalized spacial score (nSPS) is 16.2. The molecular weight excluding hydrogens is 380 g/mol. The molecule has 0 bridgehead atoms. The van der Waals surface area contributed by atoms with E-state index in [4.69, 9.17) is 16.3 Å².